The topological polar surface area (TPSA) is 3.24 Å². The first-order valence-electron chi connectivity index (χ1n) is 7.06. The van der Waals surface area contributed by atoms with Gasteiger partial charge < -0.3 is 4.90 Å². The lowest BCUT2D eigenvalue weighted by Gasteiger charge is -2.21. The van der Waals surface area contributed by atoms with E-state index in [2.05, 4.69) is 38.7 Å². The van der Waals surface area contributed by atoms with E-state index in [-0.39, 0.29) is 9.52 Å². The van der Waals surface area contributed by atoms with Crippen LogP contribution in [-0.2, 0) is 0 Å². The predicted molar refractivity (Wildman–Crippen MR) is 79.0 cm³/mol. The fourth-order valence-electron chi connectivity index (χ4n) is 1.80. The predicted octanol–water partition coefficient (Wildman–Crippen LogP) is 3.40. The van der Waals surface area contributed by atoms with Crippen LogP contribution in [0.5, 0.6) is 0 Å². The molecule has 0 heterocycles. The Morgan fingerprint density at radius 2 is 1.62 bits per heavy atom. The molecule has 0 aromatic rings. The molecule has 0 amide bonds. The quantitative estimate of drug-likeness (QED) is 0.322. The Kier molecular flexibility index (Phi) is 11.3. The fourth-order valence-corrected chi connectivity index (χ4v) is 3.66. The van der Waals surface area contributed by atoms with E-state index in [0.29, 0.717) is 0 Å². The van der Waals surface area contributed by atoms with Crippen LogP contribution in [0.2, 0.25) is 6.04 Å². The van der Waals surface area contributed by atoms with Gasteiger partial charge in [-0.3, -0.25) is 0 Å². The largest absolute Gasteiger partial charge is 0.307 e. The highest BCUT2D eigenvalue weighted by Gasteiger charge is 2.02. The molecule has 96 valence electrons. The van der Waals surface area contributed by atoms with E-state index < -0.39 is 0 Å². The number of nitrogens with zero attached hydrogens (tertiary/aromatic N) is 1. The molecule has 0 aliphatic carbocycles. The number of allylic oxidation sites excluding steroid dienone is 2. The maximum absolute atomic E-state index is 2.71. The van der Waals surface area contributed by atoms with Crippen molar-refractivity contribution >= 4 is 9.52 Å². The first-order valence-corrected chi connectivity index (χ1v) is 9.06. The third-order valence-electron chi connectivity index (χ3n) is 2.89. The van der Waals surface area contributed by atoms with Crippen molar-refractivity contribution in [2.24, 2.45) is 0 Å². The molecule has 0 aliphatic rings. The normalized spacial score (nSPS) is 11.6. The summed E-state index contributed by atoms with van der Waals surface area (Å²) in [6.07, 6.45) is 9.26. The summed E-state index contributed by atoms with van der Waals surface area (Å²) in [4.78, 5) is 2.71. The molecule has 0 atom stereocenters. The molecule has 0 aromatic heterocycles. The van der Waals surface area contributed by atoms with Crippen LogP contribution in [0.3, 0.4) is 0 Å². The molecule has 0 saturated heterocycles. The minimum absolute atomic E-state index is 0.115. The number of rotatable bonds is 10. The van der Waals surface area contributed by atoms with Crippen molar-refractivity contribution in [1.82, 2.24) is 4.90 Å². The molecule has 0 radical (unpaired) electrons. The highest BCUT2D eigenvalue weighted by atomic mass is 28.2. The Balaban J connectivity index is 3.68. The van der Waals surface area contributed by atoms with E-state index in [1.165, 1.54) is 56.6 Å². The molecule has 0 aromatic carbocycles. The molecule has 1 nitrogen and oxygen atoms in total. The minimum atomic E-state index is 0.115. The van der Waals surface area contributed by atoms with Crippen LogP contribution in [0, 0.1) is 0 Å². The van der Waals surface area contributed by atoms with Crippen molar-refractivity contribution < 1.29 is 0 Å². The molecule has 0 rings (SSSR count). The van der Waals surface area contributed by atoms with Crippen molar-refractivity contribution in [3.8, 4) is 0 Å². The van der Waals surface area contributed by atoms with Crippen molar-refractivity contribution in [2.75, 3.05) is 19.3 Å². The van der Waals surface area contributed by atoms with E-state index >= 15 is 0 Å². The summed E-state index contributed by atoms with van der Waals surface area (Å²) >= 11 is 0. The molecule has 0 spiro atoms. The highest BCUT2D eigenvalue weighted by molar-refractivity contribution is 6.36. The Bertz CT molecular complexity index is 166. The molecule has 2 heteroatoms. The second-order valence-electron chi connectivity index (χ2n) is 4.97. The summed E-state index contributed by atoms with van der Waals surface area (Å²) in [6, 6.07) is 1.39. The summed E-state index contributed by atoms with van der Waals surface area (Å²) in [5.41, 5.74) is 1.49. The van der Waals surface area contributed by atoms with Gasteiger partial charge in [0.2, 0.25) is 0 Å². The molecule has 0 saturated carbocycles. The lowest BCUT2D eigenvalue weighted by atomic mass is 10.3. The van der Waals surface area contributed by atoms with Gasteiger partial charge in [0.05, 0.1) is 0 Å². The average Bonchev–Trinajstić information content (AvgIpc) is 2.26. The van der Waals surface area contributed by atoms with E-state index in [1.807, 2.05) is 0 Å². The van der Waals surface area contributed by atoms with Crippen molar-refractivity contribution in [3.63, 3.8) is 0 Å². The second-order valence-corrected chi connectivity index (χ2v) is 6.70. The molecule has 0 fully saturated rings. The van der Waals surface area contributed by atoms with Gasteiger partial charge in [-0.2, -0.15) is 0 Å². The summed E-state index contributed by atoms with van der Waals surface area (Å²) in [7, 11) is 0.115. The Morgan fingerprint density at radius 1 is 1.06 bits per heavy atom. The zero-order chi connectivity index (χ0) is 12.2. The van der Waals surface area contributed by atoms with Crippen LogP contribution in [-0.4, -0.2) is 33.7 Å². The summed E-state index contributed by atoms with van der Waals surface area (Å²) in [5, 5.41) is 0. The molecular formula is C14H31NSi. The van der Waals surface area contributed by atoms with Crippen LogP contribution in [0.25, 0.3) is 0 Å². The molecule has 0 unspecified atom stereocenters. The summed E-state index contributed by atoms with van der Waals surface area (Å²) < 4.78 is 0. The van der Waals surface area contributed by atoms with Gasteiger partial charge in [-0.1, -0.05) is 38.3 Å². The van der Waals surface area contributed by atoms with Crippen molar-refractivity contribution in [2.45, 2.75) is 59.4 Å². The van der Waals surface area contributed by atoms with Gasteiger partial charge in [-0.25, -0.2) is 0 Å². The lowest BCUT2D eigenvalue weighted by Crippen LogP contribution is -2.30. The van der Waals surface area contributed by atoms with Crippen LogP contribution in [0.4, 0.5) is 0 Å². The molecule has 0 N–H and O–H groups in total. The Labute approximate surface area is 105 Å². The SMILES string of the molecule is CCCCN(CCCC)C[SiH2]CC=C(C)C. The van der Waals surface area contributed by atoms with Crippen molar-refractivity contribution in [3.05, 3.63) is 11.6 Å². The fraction of sp³-hybridized carbons (Fsp3) is 0.857. The Hall–Kier alpha value is -0.0831. The van der Waals surface area contributed by atoms with Crippen LogP contribution in [0.1, 0.15) is 53.4 Å². The molecular weight excluding hydrogens is 210 g/mol. The molecule has 0 aliphatic heterocycles. The van der Waals surface area contributed by atoms with Gasteiger partial charge >= 0.3 is 0 Å². The zero-order valence-corrected chi connectivity index (χ0v) is 13.3. The third-order valence-corrected chi connectivity index (χ3v) is 4.53. The molecule has 16 heavy (non-hydrogen) atoms. The van der Waals surface area contributed by atoms with Crippen molar-refractivity contribution in [1.29, 1.82) is 0 Å². The van der Waals surface area contributed by atoms with Gasteiger partial charge in [0.25, 0.3) is 0 Å². The average molecular weight is 241 g/mol. The first-order chi connectivity index (χ1) is 7.70. The summed E-state index contributed by atoms with van der Waals surface area (Å²) in [5.74, 6) is 0. The monoisotopic (exact) mass is 241 g/mol. The van der Waals surface area contributed by atoms with E-state index in [4.69, 9.17) is 0 Å². The van der Waals surface area contributed by atoms with Crippen LogP contribution < -0.4 is 0 Å². The maximum atomic E-state index is 2.71. The third kappa shape index (κ3) is 10.4. The van der Waals surface area contributed by atoms with E-state index in [0.717, 1.165) is 0 Å². The summed E-state index contributed by atoms with van der Waals surface area (Å²) in [6.45, 7) is 11.7. The van der Waals surface area contributed by atoms with E-state index in [1.54, 1.807) is 0 Å². The lowest BCUT2D eigenvalue weighted by molar-refractivity contribution is 0.305. The molecule has 0 bridgehead atoms. The zero-order valence-electron chi connectivity index (χ0n) is 11.9. The Morgan fingerprint density at radius 3 is 2.06 bits per heavy atom. The second kappa shape index (κ2) is 11.4. The van der Waals surface area contributed by atoms with Gasteiger partial charge in [0.15, 0.2) is 0 Å². The number of hydrogen-bond donors (Lipinski definition) is 0. The number of unbranched alkanes of at least 4 members (excludes halogenated alkanes) is 2. The van der Waals surface area contributed by atoms with Crippen LogP contribution >= 0.6 is 0 Å². The maximum Gasteiger partial charge on any atom is 0.0407 e. The number of hydrogen-bond acceptors (Lipinski definition) is 1. The van der Waals surface area contributed by atoms with E-state index in [9.17, 15) is 0 Å². The first kappa shape index (κ1) is 15.9. The standard InChI is InChI=1S/C14H31NSi/c1-5-7-10-15(11-8-6-2)13-16-12-9-14(3)4/h9H,5-8,10-13,16H2,1-4H3. The smallest absolute Gasteiger partial charge is 0.0407 e. The minimum Gasteiger partial charge on any atom is -0.307 e. The van der Waals surface area contributed by atoms with Gasteiger partial charge in [-0.05, 0) is 52.0 Å². The van der Waals surface area contributed by atoms with Gasteiger partial charge in [0, 0.05) is 9.52 Å². The van der Waals surface area contributed by atoms with Crippen LogP contribution in [0.15, 0.2) is 11.6 Å². The van der Waals surface area contributed by atoms with Gasteiger partial charge in [-0.15, -0.1) is 0 Å². The van der Waals surface area contributed by atoms with Gasteiger partial charge in [0.1, 0.15) is 0 Å². The highest BCUT2D eigenvalue weighted by Crippen LogP contribution is 2.00.